The molecule has 0 amide bonds. The first-order valence-electron chi connectivity index (χ1n) is 11.2. The lowest BCUT2D eigenvalue weighted by atomic mass is 9.99. The summed E-state index contributed by atoms with van der Waals surface area (Å²) in [5.41, 5.74) is 0. The van der Waals surface area contributed by atoms with Crippen molar-refractivity contribution in [2.45, 2.75) is 104 Å². The van der Waals surface area contributed by atoms with Gasteiger partial charge < -0.3 is 50.3 Å². The van der Waals surface area contributed by atoms with E-state index >= 15 is 0 Å². The zero-order valence-corrected chi connectivity index (χ0v) is 21.6. The summed E-state index contributed by atoms with van der Waals surface area (Å²) in [6.07, 6.45) is 0.920. The highest BCUT2D eigenvalue weighted by Crippen LogP contribution is 2.22. The van der Waals surface area contributed by atoms with Crippen molar-refractivity contribution in [3.05, 3.63) is 0 Å². The fourth-order valence-electron chi connectivity index (χ4n) is 2.35. The second-order valence-electron chi connectivity index (χ2n) is 7.41. The van der Waals surface area contributed by atoms with Gasteiger partial charge in [-0.3, -0.25) is 19.2 Å². The second kappa shape index (κ2) is 27.2. The number of aliphatic hydroxyl groups excluding tert-OH is 4. The quantitative estimate of drug-likeness (QED) is 0.189. The lowest BCUT2D eigenvalue weighted by molar-refractivity contribution is -0.296. The Morgan fingerprint density at radius 3 is 1.42 bits per heavy atom. The topological polar surface area (TPSA) is 249 Å². The molecule has 0 radical (unpaired) electrons. The molecule has 0 aromatic rings. The van der Waals surface area contributed by atoms with Gasteiger partial charge in [0.15, 0.2) is 6.29 Å². The largest absolute Gasteiger partial charge is 0.481 e. The van der Waals surface area contributed by atoms with Crippen molar-refractivity contribution >= 4 is 23.9 Å². The molecule has 1 fully saturated rings. The molecule has 14 nitrogen and oxygen atoms in total. The van der Waals surface area contributed by atoms with E-state index in [1.807, 2.05) is 0 Å². The van der Waals surface area contributed by atoms with Gasteiger partial charge in [0.05, 0.1) is 6.61 Å². The molecule has 0 aromatic carbocycles. The minimum atomic E-state index is -1.33. The summed E-state index contributed by atoms with van der Waals surface area (Å²) < 4.78 is 10.4. The first-order chi connectivity index (χ1) is 16.5. The second-order valence-corrected chi connectivity index (χ2v) is 7.41. The smallest absolute Gasteiger partial charge is 0.300 e. The Morgan fingerprint density at radius 2 is 1.06 bits per heavy atom. The molecule has 5 atom stereocenters. The average Bonchev–Trinajstić information content (AvgIpc) is 2.70. The van der Waals surface area contributed by atoms with Gasteiger partial charge in [-0.15, -0.1) is 0 Å². The number of hydrogen-bond donors (Lipinski definition) is 8. The predicted octanol–water partition coefficient (Wildman–Crippen LogP) is 0.527. The highest BCUT2D eigenvalue weighted by Gasteiger charge is 2.44. The number of carbonyl (C=O) groups is 4. The number of aliphatic carboxylic acids is 4. The highest BCUT2D eigenvalue weighted by molar-refractivity contribution is 5.63. The molecule has 8 N–H and O–H groups in total. The van der Waals surface area contributed by atoms with Crippen LogP contribution in [-0.4, -0.2) is 109 Å². The highest BCUT2D eigenvalue weighted by atomic mass is 16.7. The van der Waals surface area contributed by atoms with Crippen LogP contribution in [0, 0.1) is 0 Å². The molecule has 36 heavy (non-hydrogen) atoms. The molecule has 1 rings (SSSR count). The van der Waals surface area contributed by atoms with Gasteiger partial charge in [-0.25, -0.2) is 0 Å². The van der Waals surface area contributed by atoms with Crippen molar-refractivity contribution in [2.24, 2.45) is 0 Å². The number of carboxylic acids is 4. The van der Waals surface area contributed by atoms with Crippen LogP contribution < -0.4 is 0 Å². The first-order valence-corrected chi connectivity index (χ1v) is 11.2. The number of ether oxygens (including phenoxy) is 2. The molecule has 0 spiro atoms. The van der Waals surface area contributed by atoms with Crippen LogP contribution in [0.2, 0.25) is 0 Å². The lowest BCUT2D eigenvalue weighted by Gasteiger charge is -2.39. The van der Waals surface area contributed by atoms with E-state index in [1.165, 1.54) is 19.3 Å². The molecule has 0 bridgehead atoms. The predicted molar refractivity (Wildman–Crippen MR) is 126 cm³/mol. The van der Waals surface area contributed by atoms with Gasteiger partial charge in [-0.05, 0) is 6.42 Å². The summed E-state index contributed by atoms with van der Waals surface area (Å²) in [4.78, 5) is 36.0. The molecular weight excluding hydrogens is 488 g/mol. The maximum Gasteiger partial charge on any atom is 0.300 e. The zero-order chi connectivity index (χ0) is 29.3. The molecule has 1 heterocycles. The van der Waals surface area contributed by atoms with Gasteiger partial charge in [0, 0.05) is 34.3 Å². The SMILES string of the molecule is CC(=O)O.CC(=O)O.CC(=O)O.CC(=O)O.CCCCCCCCO[C@@H]1[C@@H](O)[C@H](O)[C@@H](CO)O[C@H]1O. The molecule has 0 unspecified atom stereocenters. The van der Waals surface area contributed by atoms with Gasteiger partial charge >= 0.3 is 0 Å². The Balaban J connectivity index is -0.000000260. The third kappa shape index (κ3) is 36.2. The molecule has 0 aliphatic carbocycles. The number of aliphatic hydroxyl groups is 4. The van der Waals surface area contributed by atoms with Crippen LogP contribution in [0.15, 0.2) is 0 Å². The Hall–Kier alpha value is -2.36. The molecule has 14 heteroatoms. The van der Waals surface area contributed by atoms with Gasteiger partial charge in [0.2, 0.25) is 0 Å². The van der Waals surface area contributed by atoms with E-state index in [0.717, 1.165) is 47.0 Å². The number of hydrogen-bond acceptors (Lipinski definition) is 10. The van der Waals surface area contributed by atoms with Gasteiger partial charge in [0.25, 0.3) is 23.9 Å². The molecule has 0 saturated carbocycles. The Kier molecular flexibility index (Phi) is 30.9. The maximum atomic E-state index is 9.86. The molecule has 1 aliphatic rings. The van der Waals surface area contributed by atoms with Gasteiger partial charge in [0.1, 0.15) is 24.4 Å². The third-order valence-electron chi connectivity index (χ3n) is 3.65. The first kappa shape index (κ1) is 40.8. The van der Waals surface area contributed by atoms with Crippen LogP contribution >= 0.6 is 0 Å². The van der Waals surface area contributed by atoms with Crippen molar-refractivity contribution in [3.63, 3.8) is 0 Å². The number of unbranched alkanes of at least 4 members (excludes halogenated alkanes) is 5. The van der Waals surface area contributed by atoms with E-state index in [0.29, 0.717) is 6.61 Å². The summed E-state index contributed by atoms with van der Waals surface area (Å²) in [5.74, 6) is -3.33. The molecular formula is C22H44O14. The summed E-state index contributed by atoms with van der Waals surface area (Å²) >= 11 is 0. The van der Waals surface area contributed by atoms with E-state index in [1.54, 1.807) is 0 Å². The van der Waals surface area contributed by atoms with Gasteiger partial charge in [-0.1, -0.05) is 39.0 Å². The number of carboxylic acid groups (broad SMARTS) is 4. The summed E-state index contributed by atoms with van der Waals surface area (Å²) in [7, 11) is 0. The maximum absolute atomic E-state index is 9.86. The van der Waals surface area contributed by atoms with E-state index in [-0.39, 0.29) is 0 Å². The lowest BCUT2D eigenvalue weighted by Crippen LogP contribution is -2.59. The minimum absolute atomic E-state index is 0.408. The van der Waals surface area contributed by atoms with Crippen LogP contribution in [-0.2, 0) is 28.7 Å². The zero-order valence-electron chi connectivity index (χ0n) is 21.6. The van der Waals surface area contributed by atoms with Crippen LogP contribution in [0.1, 0.15) is 73.1 Å². The van der Waals surface area contributed by atoms with E-state index in [9.17, 15) is 15.3 Å². The van der Waals surface area contributed by atoms with Crippen molar-refractivity contribution in [1.82, 2.24) is 0 Å². The Labute approximate surface area is 211 Å². The van der Waals surface area contributed by atoms with Crippen LogP contribution in [0.25, 0.3) is 0 Å². The summed E-state index contributed by atoms with van der Waals surface area (Å²) in [6, 6.07) is 0. The van der Waals surface area contributed by atoms with Crippen LogP contribution in [0.3, 0.4) is 0 Å². The minimum Gasteiger partial charge on any atom is -0.481 e. The van der Waals surface area contributed by atoms with E-state index < -0.39 is 61.2 Å². The third-order valence-corrected chi connectivity index (χ3v) is 3.65. The Bertz CT molecular complexity index is 505. The normalized spacial score (nSPS) is 21.9. The van der Waals surface area contributed by atoms with Crippen LogP contribution in [0.4, 0.5) is 0 Å². The molecule has 216 valence electrons. The Morgan fingerprint density at radius 1 is 0.694 bits per heavy atom. The van der Waals surface area contributed by atoms with Crippen LogP contribution in [0.5, 0.6) is 0 Å². The summed E-state index contributed by atoms with van der Waals surface area (Å²) in [6.45, 7) is 6.45. The summed E-state index contributed by atoms with van der Waals surface area (Å²) in [5, 5.41) is 67.9. The van der Waals surface area contributed by atoms with Crippen molar-refractivity contribution < 1.29 is 69.5 Å². The van der Waals surface area contributed by atoms with E-state index in [4.69, 9.17) is 54.2 Å². The standard InChI is InChI=1S/C14H28O6.4C2H4O2/c1-2-3-4-5-6-7-8-19-13-12(17)11(16)10(9-15)20-14(13)18;4*1-2(3)4/h10-18H,2-9H2,1H3;4*1H3,(H,3,4)/t10-,11-,12+,13-,14-;;;;/m1..../s1. The van der Waals surface area contributed by atoms with E-state index in [2.05, 4.69) is 6.92 Å². The molecule has 0 aromatic heterocycles. The monoisotopic (exact) mass is 532 g/mol. The van der Waals surface area contributed by atoms with Crippen molar-refractivity contribution in [3.8, 4) is 0 Å². The number of rotatable bonds is 9. The van der Waals surface area contributed by atoms with Crippen molar-refractivity contribution in [2.75, 3.05) is 13.2 Å². The fourth-order valence-corrected chi connectivity index (χ4v) is 2.35. The average molecular weight is 533 g/mol. The molecule has 1 saturated heterocycles. The van der Waals surface area contributed by atoms with Gasteiger partial charge in [-0.2, -0.15) is 0 Å². The molecule has 1 aliphatic heterocycles. The van der Waals surface area contributed by atoms with Crippen molar-refractivity contribution in [1.29, 1.82) is 0 Å². The fraction of sp³-hybridized carbons (Fsp3) is 0.818.